The lowest BCUT2D eigenvalue weighted by molar-refractivity contribution is -0.123. The highest BCUT2D eigenvalue weighted by atomic mass is 32.2. The van der Waals surface area contributed by atoms with E-state index >= 15 is 0 Å². The third-order valence-corrected chi connectivity index (χ3v) is 4.97. The lowest BCUT2D eigenvalue weighted by Gasteiger charge is -2.17. The van der Waals surface area contributed by atoms with Gasteiger partial charge in [-0.15, -0.1) is 0 Å². The van der Waals surface area contributed by atoms with E-state index in [-0.39, 0.29) is 17.1 Å². The fourth-order valence-electron chi connectivity index (χ4n) is 2.73. The summed E-state index contributed by atoms with van der Waals surface area (Å²) in [5, 5.41) is 2.89. The lowest BCUT2D eigenvalue weighted by Crippen LogP contribution is -2.35. The fourth-order valence-corrected chi connectivity index (χ4v) is 3.40. The molecule has 1 aromatic rings. The van der Waals surface area contributed by atoms with Crippen LogP contribution in [0, 0.1) is 13.8 Å². The van der Waals surface area contributed by atoms with Crippen LogP contribution in [0.4, 0.5) is 0 Å². The van der Waals surface area contributed by atoms with Gasteiger partial charge in [-0.1, -0.05) is 29.3 Å². The van der Waals surface area contributed by atoms with Crippen molar-refractivity contribution in [1.29, 1.82) is 0 Å². The van der Waals surface area contributed by atoms with Crippen LogP contribution in [0.15, 0.2) is 18.2 Å². The predicted molar refractivity (Wildman–Crippen MR) is 84.2 cm³/mol. The fraction of sp³-hybridized carbons (Fsp3) is 0.562. The van der Waals surface area contributed by atoms with Crippen molar-refractivity contribution in [2.45, 2.75) is 38.5 Å². The van der Waals surface area contributed by atoms with E-state index in [4.69, 9.17) is 0 Å². The van der Waals surface area contributed by atoms with Gasteiger partial charge in [-0.2, -0.15) is 0 Å². The van der Waals surface area contributed by atoms with Crippen LogP contribution in [0.2, 0.25) is 0 Å². The Labute approximate surface area is 126 Å². The summed E-state index contributed by atoms with van der Waals surface area (Å²) >= 11 is 0. The standard InChI is InChI=1S/C16H23NO3S/c1-12-9-13(2)11-14(10-12)16(5-6-16)15(18)17-7-4-8-21(3,19)20/h9-11H,4-8H2,1-3H3,(H,17,18). The first kappa shape index (κ1) is 16.0. The highest BCUT2D eigenvalue weighted by Crippen LogP contribution is 2.48. The average Bonchev–Trinajstić information content (AvgIpc) is 3.13. The second-order valence-electron chi connectivity index (χ2n) is 6.20. The molecule has 5 heteroatoms. The van der Waals surface area contributed by atoms with Gasteiger partial charge in [0, 0.05) is 12.8 Å². The van der Waals surface area contributed by atoms with E-state index in [0.29, 0.717) is 13.0 Å². The Morgan fingerprint density at radius 3 is 2.24 bits per heavy atom. The van der Waals surface area contributed by atoms with E-state index in [2.05, 4.69) is 23.5 Å². The molecule has 116 valence electrons. The van der Waals surface area contributed by atoms with Crippen molar-refractivity contribution >= 4 is 15.7 Å². The van der Waals surface area contributed by atoms with Gasteiger partial charge < -0.3 is 5.32 Å². The summed E-state index contributed by atoms with van der Waals surface area (Å²) < 4.78 is 22.1. The number of hydrogen-bond donors (Lipinski definition) is 1. The maximum atomic E-state index is 12.4. The Morgan fingerprint density at radius 2 is 1.76 bits per heavy atom. The minimum absolute atomic E-state index is 0.0287. The Balaban J connectivity index is 1.98. The summed E-state index contributed by atoms with van der Waals surface area (Å²) in [4.78, 5) is 12.4. The summed E-state index contributed by atoms with van der Waals surface area (Å²) in [6, 6.07) is 6.26. The zero-order valence-electron chi connectivity index (χ0n) is 12.9. The van der Waals surface area contributed by atoms with Gasteiger partial charge in [-0.25, -0.2) is 8.42 Å². The van der Waals surface area contributed by atoms with E-state index in [1.165, 1.54) is 17.4 Å². The zero-order valence-corrected chi connectivity index (χ0v) is 13.7. The highest BCUT2D eigenvalue weighted by Gasteiger charge is 2.51. The monoisotopic (exact) mass is 309 g/mol. The molecule has 0 radical (unpaired) electrons. The molecule has 0 aliphatic heterocycles. The number of sulfone groups is 1. The topological polar surface area (TPSA) is 63.2 Å². The maximum absolute atomic E-state index is 12.4. The van der Waals surface area contributed by atoms with Gasteiger partial charge in [-0.3, -0.25) is 4.79 Å². The Bertz CT molecular complexity index is 625. The van der Waals surface area contributed by atoms with Crippen molar-refractivity contribution in [1.82, 2.24) is 5.32 Å². The number of carbonyl (C=O) groups excluding carboxylic acids is 1. The molecule has 0 bridgehead atoms. The van der Waals surface area contributed by atoms with Crippen LogP contribution in [0.3, 0.4) is 0 Å². The number of amides is 1. The van der Waals surface area contributed by atoms with Crippen LogP contribution in [0.25, 0.3) is 0 Å². The molecule has 0 heterocycles. The first-order valence-electron chi connectivity index (χ1n) is 7.28. The summed E-state index contributed by atoms with van der Waals surface area (Å²) in [5.74, 6) is 0.144. The molecule has 1 saturated carbocycles. The summed E-state index contributed by atoms with van der Waals surface area (Å²) in [7, 11) is -2.96. The van der Waals surface area contributed by atoms with Gasteiger partial charge in [-0.05, 0) is 38.7 Å². The SMILES string of the molecule is Cc1cc(C)cc(C2(C(=O)NCCCS(C)(=O)=O)CC2)c1. The lowest BCUT2D eigenvalue weighted by atomic mass is 9.92. The molecule has 1 amide bonds. The number of benzene rings is 1. The van der Waals surface area contributed by atoms with Gasteiger partial charge in [0.2, 0.25) is 5.91 Å². The van der Waals surface area contributed by atoms with Crippen LogP contribution in [-0.4, -0.2) is 32.9 Å². The summed E-state index contributed by atoms with van der Waals surface area (Å²) in [5.41, 5.74) is 3.03. The molecule has 0 spiro atoms. The predicted octanol–water partition coefficient (Wildman–Crippen LogP) is 1.89. The van der Waals surface area contributed by atoms with Crippen LogP contribution < -0.4 is 5.32 Å². The Morgan fingerprint density at radius 1 is 1.19 bits per heavy atom. The van der Waals surface area contributed by atoms with E-state index in [0.717, 1.165) is 18.4 Å². The number of hydrogen-bond acceptors (Lipinski definition) is 3. The van der Waals surface area contributed by atoms with Crippen molar-refractivity contribution in [2.24, 2.45) is 0 Å². The third-order valence-electron chi connectivity index (χ3n) is 3.94. The molecule has 0 aromatic heterocycles. The van der Waals surface area contributed by atoms with Crippen molar-refractivity contribution in [2.75, 3.05) is 18.6 Å². The van der Waals surface area contributed by atoms with Gasteiger partial charge in [0.1, 0.15) is 9.84 Å². The Hall–Kier alpha value is -1.36. The second kappa shape index (κ2) is 5.79. The molecule has 2 rings (SSSR count). The zero-order chi connectivity index (χ0) is 15.7. The van der Waals surface area contributed by atoms with E-state index < -0.39 is 9.84 Å². The molecule has 0 atom stereocenters. The molecule has 1 aliphatic rings. The van der Waals surface area contributed by atoms with Crippen LogP contribution in [0.1, 0.15) is 36.0 Å². The van der Waals surface area contributed by atoms with E-state index in [9.17, 15) is 13.2 Å². The molecule has 1 fully saturated rings. The molecular weight excluding hydrogens is 286 g/mol. The smallest absolute Gasteiger partial charge is 0.230 e. The van der Waals surface area contributed by atoms with Crippen LogP contribution >= 0.6 is 0 Å². The van der Waals surface area contributed by atoms with E-state index in [1.54, 1.807) is 0 Å². The van der Waals surface area contributed by atoms with Crippen LogP contribution in [-0.2, 0) is 20.0 Å². The normalized spacial score (nSPS) is 16.5. The third kappa shape index (κ3) is 4.06. The van der Waals surface area contributed by atoms with Crippen molar-refractivity contribution < 1.29 is 13.2 Å². The molecule has 4 nitrogen and oxygen atoms in total. The minimum atomic E-state index is -2.96. The van der Waals surface area contributed by atoms with Crippen molar-refractivity contribution in [3.63, 3.8) is 0 Å². The van der Waals surface area contributed by atoms with Crippen molar-refractivity contribution in [3.05, 3.63) is 34.9 Å². The molecule has 0 saturated heterocycles. The van der Waals surface area contributed by atoms with Crippen molar-refractivity contribution in [3.8, 4) is 0 Å². The minimum Gasteiger partial charge on any atom is -0.355 e. The quantitative estimate of drug-likeness (QED) is 0.816. The molecule has 1 N–H and O–H groups in total. The van der Waals surface area contributed by atoms with Gasteiger partial charge in [0.05, 0.1) is 11.2 Å². The molecule has 1 aromatic carbocycles. The summed E-state index contributed by atoms with van der Waals surface area (Å²) in [6.07, 6.45) is 3.42. The van der Waals surface area contributed by atoms with Gasteiger partial charge >= 0.3 is 0 Å². The number of rotatable bonds is 6. The maximum Gasteiger partial charge on any atom is 0.230 e. The van der Waals surface area contributed by atoms with Crippen LogP contribution in [0.5, 0.6) is 0 Å². The number of nitrogens with one attached hydrogen (secondary N) is 1. The largest absolute Gasteiger partial charge is 0.355 e. The highest BCUT2D eigenvalue weighted by molar-refractivity contribution is 7.90. The molecular formula is C16H23NO3S. The number of aryl methyl sites for hydroxylation is 2. The second-order valence-corrected chi connectivity index (χ2v) is 8.46. The first-order valence-corrected chi connectivity index (χ1v) is 9.34. The van der Waals surface area contributed by atoms with E-state index in [1.807, 2.05) is 13.8 Å². The molecule has 1 aliphatic carbocycles. The Kier molecular flexibility index (Phi) is 4.42. The molecule has 0 unspecified atom stereocenters. The molecule has 21 heavy (non-hydrogen) atoms. The van der Waals surface area contributed by atoms with Gasteiger partial charge in [0.15, 0.2) is 0 Å². The van der Waals surface area contributed by atoms with Gasteiger partial charge in [0.25, 0.3) is 0 Å². The number of carbonyl (C=O) groups is 1. The summed E-state index contributed by atoms with van der Waals surface area (Å²) in [6.45, 7) is 4.49. The first-order chi connectivity index (χ1) is 9.73. The average molecular weight is 309 g/mol.